The third-order valence-corrected chi connectivity index (χ3v) is 4.66. The zero-order valence-corrected chi connectivity index (χ0v) is 19.4. The van der Waals surface area contributed by atoms with Crippen LogP contribution in [-0.2, 0) is 18.9 Å². The van der Waals surface area contributed by atoms with Gasteiger partial charge in [-0.1, -0.05) is 0 Å². The number of nitrogens with zero attached hydrogens (tertiary/aromatic N) is 3. The lowest BCUT2D eigenvalue weighted by atomic mass is 10.2. The van der Waals surface area contributed by atoms with E-state index in [0.717, 1.165) is 11.4 Å². The van der Waals surface area contributed by atoms with Crippen LogP contribution in [-0.4, -0.2) is 80.2 Å². The van der Waals surface area contributed by atoms with Crippen molar-refractivity contribution < 1.29 is 28.4 Å². The first-order chi connectivity index (χ1) is 16.2. The third-order valence-electron chi connectivity index (χ3n) is 4.66. The van der Waals surface area contributed by atoms with Gasteiger partial charge in [-0.05, 0) is 36.4 Å². The van der Waals surface area contributed by atoms with Gasteiger partial charge in [0.1, 0.15) is 13.2 Å². The minimum absolute atomic E-state index is 0.378. The van der Waals surface area contributed by atoms with Gasteiger partial charge in [0.25, 0.3) is 0 Å². The van der Waals surface area contributed by atoms with Crippen molar-refractivity contribution >= 4 is 17.1 Å². The van der Waals surface area contributed by atoms with E-state index in [4.69, 9.17) is 28.4 Å². The fourth-order valence-corrected chi connectivity index (χ4v) is 2.91. The number of anilines is 1. The predicted molar refractivity (Wildman–Crippen MR) is 126 cm³/mol. The summed E-state index contributed by atoms with van der Waals surface area (Å²) in [6.45, 7) is 4.77. The Labute approximate surface area is 195 Å². The van der Waals surface area contributed by atoms with Crippen LogP contribution in [0.3, 0.4) is 0 Å². The van der Waals surface area contributed by atoms with Crippen LogP contribution in [0.1, 0.15) is 0 Å². The Bertz CT molecular complexity index is 845. The minimum Gasteiger partial charge on any atom is -0.487 e. The molecule has 0 fully saturated rings. The van der Waals surface area contributed by atoms with Crippen molar-refractivity contribution in [3.63, 3.8) is 0 Å². The molecule has 1 aliphatic rings. The van der Waals surface area contributed by atoms with Gasteiger partial charge in [0.2, 0.25) is 0 Å². The van der Waals surface area contributed by atoms with Crippen LogP contribution >= 0.6 is 0 Å². The Balaban J connectivity index is 1.63. The van der Waals surface area contributed by atoms with Gasteiger partial charge in [0.15, 0.2) is 11.5 Å². The topological polar surface area (TPSA) is 83.3 Å². The molecule has 0 saturated carbocycles. The maximum absolute atomic E-state index is 5.91. The number of hydrogen-bond donors (Lipinski definition) is 0. The third kappa shape index (κ3) is 9.35. The number of ether oxygens (including phenoxy) is 6. The van der Waals surface area contributed by atoms with Crippen LogP contribution in [0, 0.1) is 0 Å². The molecule has 0 unspecified atom stereocenters. The largest absolute Gasteiger partial charge is 0.487 e. The van der Waals surface area contributed by atoms with Crippen LogP contribution in [0.4, 0.5) is 17.1 Å². The Hall–Kier alpha value is -2.72. The smallest absolute Gasteiger partial charge is 0.163 e. The van der Waals surface area contributed by atoms with E-state index < -0.39 is 0 Å². The highest BCUT2D eigenvalue weighted by Gasteiger charge is 2.08. The second-order valence-electron chi connectivity index (χ2n) is 7.39. The highest BCUT2D eigenvalue weighted by Crippen LogP contribution is 2.32. The maximum atomic E-state index is 5.91. The molecule has 3 rings (SSSR count). The van der Waals surface area contributed by atoms with Crippen LogP contribution in [0.15, 0.2) is 52.7 Å². The average molecular weight is 460 g/mol. The van der Waals surface area contributed by atoms with Crippen molar-refractivity contribution in [3.05, 3.63) is 42.5 Å². The predicted octanol–water partition coefficient (Wildman–Crippen LogP) is 4.01. The first kappa shape index (κ1) is 24.9. The van der Waals surface area contributed by atoms with Crippen LogP contribution in [0.2, 0.25) is 0 Å². The number of hydrogen-bond acceptors (Lipinski definition) is 9. The molecular formula is C24H33N3O6. The number of azo groups is 1. The molecule has 1 heterocycles. The molecule has 0 radical (unpaired) electrons. The van der Waals surface area contributed by atoms with E-state index in [1.54, 1.807) is 0 Å². The van der Waals surface area contributed by atoms with Crippen molar-refractivity contribution in [2.75, 3.05) is 85.1 Å². The van der Waals surface area contributed by atoms with Gasteiger partial charge < -0.3 is 33.3 Å². The number of fused-ring (bicyclic) bond motifs is 1. The molecule has 33 heavy (non-hydrogen) atoms. The Morgan fingerprint density at radius 2 is 1.00 bits per heavy atom. The first-order valence-corrected chi connectivity index (χ1v) is 11.1. The average Bonchev–Trinajstić information content (AvgIpc) is 2.83. The van der Waals surface area contributed by atoms with E-state index in [9.17, 15) is 0 Å². The van der Waals surface area contributed by atoms with Crippen LogP contribution < -0.4 is 14.4 Å². The summed E-state index contributed by atoms with van der Waals surface area (Å²) >= 11 is 0. The van der Waals surface area contributed by atoms with Crippen molar-refractivity contribution in [3.8, 4) is 11.5 Å². The summed E-state index contributed by atoms with van der Waals surface area (Å²) < 4.78 is 33.8. The molecular weight excluding hydrogens is 426 g/mol. The van der Waals surface area contributed by atoms with E-state index in [1.165, 1.54) is 0 Å². The molecule has 2 aromatic carbocycles. The molecule has 0 aromatic heterocycles. The van der Waals surface area contributed by atoms with E-state index in [-0.39, 0.29) is 0 Å². The summed E-state index contributed by atoms with van der Waals surface area (Å²) in [5.41, 5.74) is 2.54. The molecule has 0 bridgehead atoms. The molecule has 0 spiro atoms. The molecule has 180 valence electrons. The summed E-state index contributed by atoms with van der Waals surface area (Å²) in [5, 5.41) is 8.67. The molecule has 2 aromatic rings. The molecule has 0 amide bonds. The van der Waals surface area contributed by atoms with Crippen LogP contribution in [0.25, 0.3) is 0 Å². The maximum Gasteiger partial charge on any atom is 0.163 e. The van der Waals surface area contributed by atoms with Crippen molar-refractivity contribution in [2.24, 2.45) is 10.2 Å². The minimum atomic E-state index is 0.378. The van der Waals surface area contributed by atoms with Gasteiger partial charge in [0, 0.05) is 25.8 Å². The molecule has 9 heteroatoms. The second kappa shape index (κ2) is 14.4. The fraction of sp³-hybridized carbons (Fsp3) is 0.500. The lowest BCUT2D eigenvalue weighted by Gasteiger charge is -2.14. The van der Waals surface area contributed by atoms with Crippen LogP contribution in [0.5, 0.6) is 11.5 Å². The quantitative estimate of drug-likeness (QED) is 0.642. The Morgan fingerprint density at radius 3 is 1.55 bits per heavy atom. The van der Waals surface area contributed by atoms with E-state index >= 15 is 0 Å². The van der Waals surface area contributed by atoms with E-state index in [0.29, 0.717) is 83.3 Å². The lowest BCUT2D eigenvalue weighted by Crippen LogP contribution is -2.15. The zero-order valence-electron chi connectivity index (χ0n) is 19.4. The van der Waals surface area contributed by atoms with Gasteiger partial charge in [-0.3, -0.25) is 0 Å². The highest BCUT2D eigenvalue weighted by atomic mass is 16.6. The van der Waals surface area contributed by atoms with Crippen molar-refractivity contribution in [2.45, 2.75) is 0 Å². The SMILES string of the molecule is CN(C)c1ccc(N=Nc2ccc3c(c2)OCCOCCOCCOCCOCCO3)cc1. The number of rotatable bonds is 3. The van der Waals surface area contributed by atoms with Gasteiger partial charge in [-0.2, -0.15) is 10.2 Å². The molecule has 1 aliphatic heterocycles. The van der Waals surface area contributed by atoms with Crippen molar-refractivity contribution in [1.29, 1.82) is 0 Å². The Morgan fingerprint density at radius 1 is 0.545 bits per heavy atom. The molecule has 0 aliphatic carbocycles. The van der Waals surface area contributed by atoms with E-state index in [2.05, 4.69) is 10.2 Å². The summed E-state index contributed by atoms with van der Waals surface area (Å²) in [7, 11) is 4.00. The fourth-order valence-electron chi connectivity index (χ4n) is 2.91. The Kier molecular flexibility index (Phi) is 10.9. The van der Waals surface area contributed by atoms with Crippen molar-refractivity contribution in [1.82, 2.24) is 0 Å². The normalized spacial score (nSPS) is 17.3. The lowest BCUT2D eigenvalue weighted by molar-refractivity contribution is -0.00841. The summed E-state index contributed by atoms with van der Waals surface area (Å²) in [6.07, 6.45) is 0. The zero-order chi connectivity index (χ0) is 23.1. The summed E-state index contributed by atoms with van der Waals surface area (Å²) in [5.74, 6) is 1.20. The first-order valence-electron chi connectivity index (χ1n) is 11.1. The second-order valence-corrected chi connectivity index (χ2v) is 7.39. The molecule has 0 saturated heterocycles. The monoisotopic (exact) mass is 459 g/mol. The van der Waals surface area contributed by atoms with Gasteiger partial charge in [0.05, 0.1) is 64.2 Å². The standard InChI is InChI=1S/C24H33N3O6/c1-27(2)22-6-3-20(4-7-22)25-26-21-5-8-23-24(19-21)33-18-16-31-14-12-29-10-9-28-11-13-30-15-17-32-23/h3-8,19H,9-18H2,1-2H3. The number of benzene rings is 2. The van der Waals surface area contributed by atoms with Gasteiger partial charge >= 0.3 is 0 Å². The van der Waals surface area contributed by atoms with E-state index in [1.807, 2.05) is 61.5 Å². The van der Waals surface area contributed by atoms with Gasteiger partial charge in [-0.25, -0.2) is 0 Å². The highest BCUT2D eigenvalue weighted by molar-refractivity contribution is 5.53. The van der Waals surface area contributed by atoms with Gasteiger partial charge in [-0.15, -0.1) is 0 Å². The summed E-state index contributed by atoms with van der Waals surface area (Å²) in [4.78, 5) is 2.04. The molecule has 9 nitrogen and oxygen atoms in total. The summed E-state index contributed by atoms with van der Waals surface area (Å²) in [6, 6.07) is 13.3. The molecule has 0 N–H and O–H groups in total. The molecule has 0 atom stereocenters.